The topological polar surface area (TPSA) is 80.5 Å². The van der Waals surface area contributed by atoms with Gasteiger partial charge in [0.15, 0.2) is 9.84 Å². The predicted octanol–water partition coefficient (Wildman–Crippen LogP) is 0.884. The first-order valence-corrected chi connectivity index (χ1v) is 8.17. The lowest BCUT2D eigenvalue weighted by atomic mass is 10.2. The molecule has 0 saturated heterocycles. The molecular weight excluding hydrogens is 276 g/mol. The first-order valence-electron chi connectivity index (χ1n) is 6.52. The summed E-state index contributed by atoms with van der Waals surface area (Å²) in [4.78, 5) is 13.6. The number of nitrogens with zero attached hydrogens (tertiary/aromatic N) is 1. The molecule has 2 N–H and O–H groups in total. The van der Waals surface area contributed by atoms with Crippen LogP contribution in [-0.2, 0) is 14.6 Å². The van der Waals surface area contributed by atoms with Gasteiger partial charge in [0, 0.05) is 13.6 Å². The van der Waals surface area contributed by atoms with Crippen molar-refractivity contribution in [3.8, 4) is 0 Å². The van der Waals surface area contributed by atoms with Crippen LogP contribution in [0.4, 0.5) is 0 Å². The van der Waals surface area contributed by atoms with Gasteiger partial charge < -0.3 is 10.6 Å². The van der Waals surface area contributed by atoms with Crippen molar-refractivity contribution in [3.05, 3.63) is 29.3 Å². The zero-order valence-electron chi connectivity index (χ0n) is 12.2. The van der Waals surface area contributed by atoms with E-state index in [4.69, 9.17) is 5.73 Å². The van der Waals surface area contributed by atoms with Gasteiger partial charge in [-0.3, -0.25) is 4.79 Å². The fourth-order valence-electron chi connectivity index (χ4n) is 1.95. The molecule has 0 radical (unpaired) electrons. The molecule has 0 unspecified atom stereocenters. The summed E-state index contributed by atoms with van der Waals surface area (Å²) in [6.45, 7) is 4.58. The minimum absolute atomic E-state index is 0.226. The Hall–Kier alpha value is -1.40. The lowest BCUT2D eigenvalue weighted by Gasteiger charge is -2.17. The first kappa shape index (κ1) is 16.7. The Bertz CT molecular complexity index is 582. The monoisotopic (exact) mass is 298 g/mol. The molecule has 0 aliphatic carbocycles. The van der Waals surface area contributed by atoms with Crippen LogP contribution in [0.5, 0.6) is 0 Å². The number of hydrogen-bond donors (Lipinski definition) is 1. The largest absolute Gasteiger partial charge is 0.345 e. The molecule has 20 heavy (non-hydrogen) atoms. The van der Waals surface area contributed by atoms with E-state index in [2.05, 4.69) is 0 Å². The van der Waals surface area contributed by atoms with Gasteiger partial charge in [0.1, 0.15) is 5.75 Å². The second kappa shape index (κ2) is 6.85. The van der Waals surface area contributed by atoms with Crippen molar-refractivity contribution in [1.82, 2.24) is 4.90 Å². The van der Waals surface area contributed by atoms with Crippen molar-refractivity contribution in [2.45, 2.75) is 25.2 Å². The Balaban J connectivity index is 2.87. The highest BCUT2D eigenvalue weighted by molar-refractivity contribution is 7.92. The third-order valence-electron chi connectivity index (χ3n) is 3.10. The predicted molar refractivity (Wildman–Crippen MR) is 79.3 cm³/mol. The van der Waals surface area contributed by atoms with Gasteiger partial charge in [0.05, 0.1) is 4.90 Å². The quantitative estimate of drug-likeness (QED) is 0.845. The fraction of sp³-hybridized carbons (Fsp3) is 0.500. The number of sulfone groups is 1. The maximum Gasteiger partial charge on any atom is 0.237 e. The molecule has 0 fully saturated rings. The van der Waals surface area contributed by atoms with Crippen LogP contribution in [0.2, 0.25) is 0 Å². The SMILES string of the molecule is Cc1ccc(S(=O)(=O)CC(=O)N(C)CCCN)c(C)c1. The molecule has 1 aromatic carbocycles. The summed E-state index contributed by atoms with van der Waals surface area (Å²) in [7, 11) is -2.01. The molecule has 0 aliphatic heterocycles. The summed E-state index contributed by atoms with van der Waals surface area (Å²) >= 11 is 0. The molecule has 5 nitrogen and oxygen atoms in total. The molecule has 1 rings (SSSR count). The molecule has 0 aromatic heterocycles. The summed E-state index contributed by atoms with van der Waals surface area (Å²) in [5.74, 6) is -0.906. The number of benzene rings is 1. The molecule has 6 heteroatoms. The van der Waals surface area contributed by atoms with E-state index in [1.807, 2.05) is 6.92 Å². The van der Waals surface area contributed by atoms with Crippen LogP contribution in [0.15, 0.2) is 23.1 Å². The van der Waals surface area contributed by atoms with Crippen LogP contribution in [-0.4, -0.2) is 45.1 Å². The van der Waals surface area contributed by atoms with E-state index in [0.717, 1.165) is 5.56 Å². The van der Waals surface area contributed by atoms with E-state index < -0.39 is 21.5 Å². The third kappa shape index (κ3) is 4.31. The van der Waals surface area contributed by atoms with E-state index in [9.17, 15) is 13.2 Å². The minimum Gasteiger partial charge on any atom is -0.345 e. The van der Waals surface area contributed by atoms with Crippen molar-refractivity contribution in [3.63, 3.8) is 0 Å². The van der Waals surface area contributed by atoms with Gasteiger partial charge in [-0.1, -0.05) is 17.7 Å². The molecule has 112 valence electrons. The summed E-state index contributed by atoms with van der Waals surface area (Å²) in [6, 6.07) is 5.10. The molecule has 0 spiro atoms. The van der Waals surface area contributed by atoms with E-state index >= 15 is 0 Å². The van der Waals surface area contributed by atoms with Crippen LogP contribution < -0.4 is 5.73 Å². The molecule has 0 bridgehead atoms. The molecule has 1 amide bonds. The average molecular weight is 298 g/mol. The lowest BCUT2D eigenvalue weighted by molar-refractivity contribution is -0.127. The molecule has 0 saturated carbocycles. The van der Waals surface area contributed by atoms with Gasteiger partial charge in [-0.15, -0.1) is 0 Å². The summed E-state index contributed by atoms with van der Waals surface area (Å²) in [5, 5.41) is 0. The maximum absolute atomic E-state index is 12.3. The molecule has 0 heterocycles. The van der Waals surface area contributed by atoms with Gasteiger partial charge in [0.25, 0.3) is 0 Å². The van der Waals surface area contributed by atoms with Crippen LogP contribution in [0.1, 0.15) is 17.5 Å². The Morgan fingerprint density at radius 1 is 1.30 bits per heavy atom. The van der Waals surface area contributed by atoms with Gasteiger partial charge in [-0.05, 0) is 38.4 Å². The van der Waals surface area contributed by atoms with Crippen molar-refractivity contribution < 1.29 is 13.2 Å². The number of rotatable bonds is 6. The summed E-state index contributed by atoms with van der Waals surface area (Å²) in [6.07, 6.45) is 0.659. The highest BCUT2D eigenvalue weighted by Crippen LogP contribution is 2.18. The normalized spacial score (nSPS) is 11.4. The molecule has 1 aromatic rings. The average Bonchev–Trinajstić information content (AvgIpc) is 2.34. The zero-order chi connectivity index (χ0) is 15.3. The van der Waals surface area contributed by atoms with Crippen LogP contribution in [0.25, 0.3) is 0 Å². The second-order valence-corrected chi connectivity index (χ2v) is 6.94. The van der Waals surface area contributed by atoms with E-state index in [0.29, 0.717) is 25.1 Å². The van der Waals surface area contributed by atoms with Gasteiger partial charge in [-0.2, -0.15) is 0 Å². The smallest absolute Gasteiger partial charge is 0.237 e. The number of amides is 1. The molecule has 0 aliphatic rings. The lowest BCUT2D eigenvalue weighted by Crippen LogP contribution is -2.34. The van der Waals surface area contributed by atoms with E-state index in [1.54, 1.807) is 32.2 Å². The second-order valence-electron chi connectivity index (χ2n) is 4.99. The highest BCUT2D eigenvalue weighted by atomic mass is 32.2. The van der Waals surface area contributed by atoms with Crippen LogP contribution in [0.3, 0.4) is 0 Å². The Kier molecular flexibility index (Phi) is 5.71. The van der Waals surface area contributed by atoms with Crippen molar-refractivity contribution in [2.24, 2.45) is 5.73 Å². The minimum atomic E-state index is -3.60. The Morgan fingerprint density at radius 2 is 1.95 bits per heavy atom. The molecule has 0 atom stereocenters. The van der Waals surface area contributed by atoms with Gasteiger partial charge in [-0.25, -0.2) is 8.42 Å². The van der Waals surface area contributed by atoms with Crippen LogP contribution >= 0.6 is 0 Å². The van der Waals surface area contributed by atoms with E-state index in [-0.39, 0.29) is 4.90 Å². The molecular formula is C14H22N2O3S. The number of nitrogens with two attached hydrogens (primary N) is 1. The van der Waals surface area contributed by atoms with Gasteiger partial charge in [0.2, 0.25) is 5.91 Å². The Morgan fingerprint density at radius 3 is 2.50 bits per heavy atom. The van der Waals surface area contributed by atoms with Crippen molar-refractivity contribution >= 4 is 15.7 Å². The van der Waals surface area contributed by atoms with Crippen molar-refractivity contribution in [2.75, 3.05) is 25.9 Å². The van der Waals surface area contributed by atoms with Crippen molar-refractivity contribution in [1.29, 1.82) is 0 Å². The van der Waals surface area contributed by atoms with Gasteiger partial charge >= 0.3 is 0 Å². The summed E-state index contributed by atoms with van der Waals surface area (Å²) < 4.78 is 24.6. The zero-order valence-corrected chi connectivity index (χ0v) is 13.0. The van der Waals surface area contributed by atoms with Crippen LogP contribution in [0, 0.1) is 13.8 Å². The standard InChI is InChI=1S/C14H22N2O3S/c1-11-5-6-13(12(2)9-11)20(18,19)10-14(17)16(3)8-4-7-15/h5-6,9H,4,7-8,10,15H2,1-3H3. The number of hydrogen-bond acceptors (Lipinski definition) is 4. The fourth-order valence-corrected chi connectivity index (χ4v) is 3.48. The Labute approximate surface area is 120 Å². The number of aryl methyl sites for hydroxylation is 2. The number of carbonyl (C=O) groups is 1. The number of carbonyl (C=O) groups excluding carboxylic acids is 1. The summed E-state index contributed by atoms with van der Waals surface area (Å²) in [5.41, 5.74) is 7.04. The highest BCUT2D eigenvalue weighted by Gasteiger charge is 2.23. The van der Waals surface area contributed by atoms with E-state index in [1.165, 1.54) is 4.90 Å². The first-order chi connectivity index (χ1) is 9.27. The maximum atomic E-state index is 12.3. The third-order valence-corrected chi connectivity index (χ3v) is 4.86.